The molecule has 2 amide bonds. The smallest absolute Gasteiger partial charge is 0.326 e. The average molecular weight is 300 g/mol. The molecule has 0 aromatic rings. The van der Waals surface area contributed by atoms with Crippen molar-refractivity contribution >= 4 is 12.0 Å². The van der Waals surface area contributed by atoms with E-state index in [1.165, 1.54) is 6.42 Å². The molecule has 3 unspecified atom stereocenters. The molecule has 6 nitrogen and oxygen atoms in total. The zero-order chi connectivity index (χ0) is 15.7. The number of ether oxygens (including phenoxy) is 1. The van der Waals surface area contributed by atoms with Gasteiger partial charge in [0.25, 0.3) is 0 Å². The van der Waals surface area contributed by atoms with Crippen molar-refractivity contribution in [3.8, 4) is 0 Å². The van der Waals surface area contributed by atoms with Crippen LogP contribution in [0.3, 0.4) is 0 Å². The number of hydrogen-bond donors (Lipinski definition) is 3. The summed E-state index contributed by atoms with van der Waals surface area (Å²) in [6, 6.07) is -1.06. The first-order chi connectivity index (χ1) is 10.1. The third kappa shape index (κ3) is 6.33. The van der Waals surface area contributed by atoms with E-state index in [4.69, 9.17) is 9.84 Å². The van der Waals surface area contributed by atoms with Crippen LogP contribution < -0.4 is 10.6 Å². The highest BCUT2D eigenvalue weighted by Crippen LogP contribution is 2.26. The van der Waals surface area contributed by atoms with Gasteiger partial charge in [0.1, 0.15) is 6.04 Å². The maximum Gasteiger partial charge on any atom is 0.326 e. The summed E-state index contributed by atoms with van der Waals surface area (Å²) in [5, 5.41) is 14.7. The van der Waals surface area contributed by atoms with E-state index in [9.17, 15) is 9.59 Å². The van der Waals surface area contributed by atoms with E-state index in [2.05, 4.69) is 17.6 Å². The first-order valence-corrected chi connectivity index (χ1v) is 7.87. The minimum Gasteiger partial charge on any atom is -0.480 e. The molecule has 0 aliphatic heterocycles. The van der Waals surface area contributed by atoms with Crippen LogP contribution >= 0.6 is 0 Å². The lowest BCUT2D eigenvalue weighted by Crippen LogP contribution is -2.51. The largest absolute Gasteiger partial charge is 0.480 e. The second kappa shape index (κ2) is 9.60. The van der Waals surface area contributed by atoms with Crippen molar-refractivity contribution in [2.24, 2.45) is 5.92 Å². The molecule has 0 aromatic carbocycles. The Morgan fingerprint density at radius 3 is 2.67 bits per heavy atom. The van der Waals surface area contributed by atoms with Crippen molar-refractivity contribution in [2.75, 3.05) is 13.7 Å². The van der Waals surface area contributed by atoms with Gasteiger partial charge in [0.15, 0.2) is 0 Å². The van der Waals surface area contributed by atoms with Crippen LogP contribution in [0.5, 0.6) is 0 Å². The SMILES string of the molecule is CCC1CCCCC1NC(=O)NC(CCCOC)C(=O)O. The molecule has 1 saturated carbocycles. The van der Waals surface area contributed by atoms with Crippen molar-refractivity contribution in [1.82, 2.24) is 10.6 Å². The predicted molar refractivity (Wildman–Crippen MR) is 80.2 cm³/mol. The molecule has 0 aromatic heterocycles. The summed E-state index contributed by atoms with van der Waals surface area (Å²) in [7, 11) is 1.57. The molecular weight excluding hydrogens is 272 g/mol. The van der Waals surface area contributed by atoms with Gasteiger partial charge < -0.3 is 20.5 Å². The molecule has 122 valence electrons. The van der Waals surface area contributed by atoms with E-state index in [-0.39, 0.29) is 12.1 Å². The molecule has 0 spiro atoms. The van der Waals surface area contributed by atoms with Gasteiger partial charge in [-0.05, 0) is 31.6 Å². The minimum absolute atomic E-state index is 0.164. The Hall–Kier alpha value is -1.30. The minimum atomic E-state index is -1.00. The van der Waals surface area contributed by atoms with E-state index < -0.39 is 12.0 Å². The summed E-state index contributed by atoms with van der Waals surface area (Å²) in [6.45, 7) is 2.63. The molecule has 0 radical (unpaired) electrons. The number of carbonyl (C=O) groups excluding carboxylic acids is 1. The van der Waals surface area contributed by atoms with Crippen LogP contribution in [0, 0.1) is 5.92 Å². The molecule has 6 heteroatoms. The normalized spacial score (nSPS) is 23.3. The lowest BCUT2D eigenvalue weighted by atomic mass is 9.83. The summed E-state index contributed by atoms with van der Waals surface area (Å²) in [4.78, 5) is 23.2. The van der Waals surface area contributed by atoms with Crippen LogP contribution in [0.2, 0.25) is 0 Å². The molecule has 21 heavy (non-hydrogen) atoms. The zero-order valence-electron chi connectivity index (χ0n) is 13.1. The molecule has 0 saturated heterocycles. The predicted octanol–water partition coefficient (Wildman–Crippen LogP) is 2.13. The standard InChI is InChI=1S/C15H28N2O4/c1-3-11-7-4-5-8-12(11)16-15(20)17-13(14(18)19)9-6-10-21-2/h11-13H,3-10H2,1-2H3,(H,18,19)(H2,16,17,20). The molecule has 0 heterocycles. The summed E-state index contributed by atoms with van der Waals surface area (Å²) in [5.74, 6) is -0.502. The molecule has 3 atom stereocenters. The van der Waals surface area contributed by atoms with Gasteiger partial charge in [0.2, 0.25) is 0 Å². The lowest BCUT2D eigenvalue weighted by Gasteiger charge is -2.31. The zero-order valence-corrected chi connectivity index (χ0v) is 13.1. The maximum atomic E-state index is 12.0. The fourth-order valence-corrected chi connectivity index (χ4v) is 2.94. The van der Waals surface area contributed by atoms with E-state index in [0.29, 0.717) is 25.4 Å². The Labute approximate surface area is 126 Å². The van der Waals surface area contributed by atoms with E-state index >= 15 is 0 Å². The number of amides is 2. The summed E-state index contributed by atoms with van der Waals surface area (Å²) in [5.41, 5.74) is 0. The number of carbonyl (C=O) groups is 2. The summed E-state index contributed by atoms with van der Waals surface area (Å²) < 4.78 is 4.91. The molecule has 1 aliphatic carbocycles. The van der Waals surface area contributed by atoms with Gasteiger partial charge in [-0.15, -0.1) is 0 Å². The topological polar surface area (TPSA) is 87.7 Å². The van der Waals surface area contributed by atoms with Crippen LogP contribution in [-0.2, 0) is 9.53 Å². The average Bonchev–Trinajstić information content (AvgIpc) is 2.46. The van der Waals surface area contributed by atoms with Gasteiger partial charge in [-0.3, -0.25) is 0 Å². The lowest BCUT2D eigenvalue weighted by molar-refractivity contribution is -0.139. The van der Waals surface area contributed by atoms with Crippen molar-refractivity contribution in [2.45, 2.75) is 64.0 Å². The van der Waals surface area contributed by atoms with Gasteiger partial charge in [0, 0.05) is 19.8 Å². The van der Waals surface area contributed by atoms with Crippen molar-refractivity contribution in [3.05, 3.63) is 0 Å². The molecule has 1 aliphatic rings. The van der Waals surface area contributed by atoms with Gasteiger partial charge in [-0.25, -0.2) is 9.59 Å². The second-order valence-electron chi connectivity index (χ2n) is 5.70. The van der Waals surface area contributed by atoms with Crippen molar-refractivity contribution < 1.29 is 19.4 Å². The first kappa shape index (κ1) is 17.8. The summed E-state index contributed by atoms with van der Waals surface area (Å²) >= 11 is 0. The molecule has 0 bridgehead atoms. The fraction of sp³-hybridized carbons (Fsp3) is 0.867. The fourth-order valence-electron chi connectivity index (χ4n) is 2.94. The molecular formula is C15H28N2O4. The number of hydrogen-bond acceptors (Lipinski definition) is 3. The van der Waals surface area contributed by atoms with Gasteiger partial charge >= 0.3 is 12.0 Å². The van der Waals surface area contributed by atoms with Crippen LogP contribution in [-0.4, -0.2) is 42.9 Å². The molecule has 1 rings (SSSR count). The number of methoxy groups -OCH3 is 1. The molecule has 3 N–H and O–H groups in total. The number of aliphatic carboxylic acids is 1. The van der Waals surface area contributed by atoms with Crippen molar-refractivity contribution in [3.63, 3.8) is 0 Å². The highest BCUT2D eigenvalue weighted by Gasteiger charge is 2.26. The van der Waals surface area contributed by atoms with Crippen LogP contribution in [0.25, 0.3) is 0 Å². The Morgan fingerprint density at radius 2 is 2.05 bits per heavy atom. The quantitative estimate of drug-likeness (QED) is 0.599. The van der Waals surface area contributed by atoms with E-state index in [1.54, 1.807) is 7.11 Å². The third-order valence-electron chi connectivity index (χ3n) is 4.19. The van der Waals surface area contributed by atoms with Crippen LogP contribution in [0.1, 0.15) is 51.9 Å². The number of urea groups is 1. The van der Waals surface area contributed by atoms with E-state index in [0.717, 1.165) is 25.7 Å². The van der Waals surface area contributed by atoms with Crippen LogP contribution in [0.15, 0.2) is 0 Å². The number of carboxylic acids is 1. The van der Waals surface area contributed by atoms with Gasteiger partial charge in [-0.2, -0.15) is 0 Å². The van der Waals surface area contributed by atoms with Gasteiger partial charge in [0.05, 0.1) is 0 Å². The highest BCUT2D eigenvalue weighted by atomic mass is 16.5. The monoisotopic (exact) mass is 300 g/mol. The van der Waals surface area contributed by atoms with E-state index in [1.807, 2.05) is 0 Å². The van der Waals surface area contributed by atoms with Crippen molar-refractivity contribution in [1.29, 1.82) is 0 Å². The first-order valence-electron chi connectivity index (χ1n) is 7.87. The highest BCUT2D eigenvalue weighted by molar-refractivity contribution is 5.82. The Kier molecular flexibility index (Phi) is 8.12. The third-order valence-corrected chi connectivity index (χ3v) is 4.19. The number of nitrogens with one attached hydrogen (secondary N) is 2. The maximum absolute atomic E-state index is 12.0. The molecule has 1 fully saturated rings. The Morgan fingerprint density at radius 1 is 1.33 bits per heavy atom. The second-order valence-corrected chi connectivity index (χ2v) is 5.70. The Bertz CT molecular complexity index is 336. The van der Waals surface area contributed by atoms with Crippen LogP contribution in [0.4, 0.5) is 4.79 Å². The van der Waals surface area contributed by atoms with Gasteiger partial charge in [-0.1, -0.05) is 26.2 Å². The number of rotatable bonds is 8. The Balaban J connectivity index is 2.43. The number of carboxylic acid groups (broad SMARTS) is 1. The summed E-state index contributed by atoms with van der Waals surface area (Å²) in [6.07, 6.45) is 6.48.